The number of rotatable bonds is 3. The third-order valence-electron chi connectivity index (χ3n) is 4.79. The van der Waals surface area contributed by atoms with Crippen LogP contribution in [-0.2, 0) is 4.74 Å². The fourth-order valence-corrected chi connectivity index (χ4v) is 3.71. The first-order chi connectivity index (χ1) is 10.2. The molecule has 0 radical (unpaired) electrons. The molecule has 0 aromatic heterocycles. The SMILES string of the molecule is CCN1CCCC2=C1N(CC)C1=C(OCCN1CC)N2C. The lowest BCUT2D eigenvalue weighted by Gasteiger charge is -2.50. The van der Waals surface area contributed by atoms with Gasteiger partial charge in [0.1, 0.15) is 12.4 Å². The van der Waals surface area contributed by atoms with Crippen LogP contribution in [0.3, 0.4) is 0 Å². The lowest BCUT2D eigenvalue weighted by Crippen LogP contribution is -2.52. The van der Waals surface area contributed by atoms with Crippen molar-refractivity contribution in [2.45, 2.75) is 33.6 Å². The van der Waals surface area contributed by atoms with Crippen LogP contribution in [0.25, 0.3) is 0 Å². The minimum Gasteiger partial charge on any atom is -0.474 e. The normalized spacial score (nSPS) is 22.5. The zero-order chi connectivity index (χ0) is 15.0. The molecule has 0 atom stereocenters. The Labute approximate surface area is 128 Å². The molecule has 3 aliphatic heterocycles. The number of likely N-dealkylation sites (N-methyl/N-ethyl adjacent to an activating group) is 1. The van der Waals surface area contributed by atoms with Gasteiger partial charge >= 0.3 is 0 Å². The van der Waals surface area contributed by atoms with Crippen molar-refractivity contribution in [3.05, 3.63) is 23.2 Å². The molecule has 0 amide bonds. The standard InChI is InChI=1S/C16H28N4O/c1-5-18-10-8-9-13-14(18)20(7-3)15-16(17(13)4)21-12-11-19(15)6-2/h5-12H2,1-4H3. The van der Waals surface area contributed by atoms with E-state index in [1.54, 1.807) is 0 Å². The summed E-state index contributed by atoms with van der Waals surface area (Å²) >= 11 is 0. The van der Waals surface area contributed by atoms with Gasteiger partial charge < -0.3 is 24.3 Å². The molecular weight excluding hydrogens is 264 g/mol. The van der Waals surface area contributed by atoms with Crippen molar-refractivity contribution in [1.29, 1.82) is 0 Å². The van der Waals surface area contributed by atoms with Crippen molar-refractivity contribution < 1.29 is 4.74 Å². The van der Waals surface area contributed by atoms with Crippen molar-refractivity contribution in [2.24, 2.45) is 0 Å². The third kappa shape index (κ3) is 2.14. The smallest absolute Gasteiger partial charge is 0.236 e. The highest BCUT2D eigenvalue weighted by Gasteiger charge is 2.39. The summed E-state index contributed by atoms with van der Waals surface area (Å²) in [5, 5.41) is 0. The first kappa shape index (κ1) is 14.4. The van der Waals surface area contributed by atoms with Crippen molar-refractivity contribution in [3.63, 3.8) is 0 Å². The van der Waals surface area contributed by atoms with Crippen LogP contribution in [0.15, 0.2) is 23.2 Å². The highest BCUT2D eigenvalue weighted by molar-refractivity contribution is 5.29. The molecule has 3 rings (SSSR count). The van der Waals surface area contributed by atoms with Gasteiger partial charge in [0.05, 0.1) is 12.2 Å². The Balaban J connectivity index is 2.08. The van der Waals surface area contributed by atoms with Crippen molar-refractivity contribution in [2.75, 3.05) is 46.4 Å². The molecule has 3 heterocycles. The van der Waals surface area contributed by atoms with E-state index in [-0.39, 0.29) is 0 Å². The fraction of sp³-hybridized carbons (Fsp3) is 0.750. The van der Waals surface area contributed by atoms with E-state index in [0.717, 1.165) is 51.6 Å². The van der Waals surface area contributed by atoms with Gasteiger partial charge in [-0.15, -0.1) is 0 Å². The minimum atomic E-state index is 0.786. The van der Waals surface area contributed by atoms with E-state index < -0.39 is 0 Å². The Morgan fingerprint density at radius 1 is 0.952 bits per heavy atom. The summed E-state index contributed by atoms with van der Waals surface area (Å²) in [6.07, 6.45) is 2.37. The van der Waals surface area contributed by atoms with Crippen molar-refractivity contribution >= 4 is 0 Å². The van der Waals surface area contributed by atoms with Crippen LogP contribution in [0.2, 0.25) is 0 Å². The molecule has 5 heteroatoms. The maximum atomic E-state index is 6.05. The first-order valence-electron chi connectivity index (χ1n) is 8.34. The predicted octanol–water partition coefficient (Wildman–Crippen LogP) is 2.02. The second-order valence-corrected chi connectivity index (χ2v) is 5.81. The topological polar surface area (TPSA) is 22.2 Å². The zero-order valence-corrected chi connectivity index (χ0v) is 13.9. The van der Waals surface area contributed by atoms with E-state index in [1.807, 2.05) is 0 Å². The average molecular weight is 292 g/mol. The van der Waals surface area contributed by atoms with Gasteiger partial charge in [-0.05, 0) is 33.6 Å². The molecule has 0 N–H and O–H groups in total. The van der Waals surface area contributed by atoms with Crippen LogP contribution >= 0.6 is 0 Å². The van der Waals surface area contributed by atoms with Gasteiger partial charge in [-0.3, -0.25) is 0 Å². The van der Waals surface area contributed by atoms with E-state index >= 15 is 0 Å². The van der Waals surface area contributed by atoms with Crippen LogP contribution < -0.4 is 0 Å². The van der Waals surface area contributed by atoms with Gasteiger partial charge in [-0.25, -0.2) is 0 Å². The van der Waals surface area contributed by atoms with Gasteiger partial charge in [-0.2, -0.15) is 0 Å². The highest BCUT2D eigenvalue weighted by atomic mass is 16.5. The molecule has 21 heavy (non-hydrogen) atoms. The largest absolute Gasteiger partial charge is 0.474 e. The third-order valence-corrected chi connectivity index (χ3v) is 4.79. The summed E-state index contributed by atoms with van der Waals surface area (Å²) in [6.45, 7) is 12.7. The Bertz CT molecular complexity index is 431. The molecule has 0 fully saturated rings. The van der Waals surface area contributed by atoms with Crippen LogP contribution in [0.1, 0.15) is 33.6 Å². The maximum absolute atomic E-state index is 6.05. The zero-order valence-electron chi connectivity index (χ0n) is 13.9. The number of allylic oxidation sites excluding steroid dienone is 1. The van der Waals surface area contributed by atoms with Gasteiger partial charge in [0.25, 0.3) is 0 Å². The number of ether oxygens (including phenoxy) is 1. The van der Waals surface area contributed by atoms with Crippen molar-refractivity contribution in [1.82, 2.24) is 19.6 Å². The van der Waals surface area contributed by atoms with Gasteiger partial charge in [0, 0.05) is 33.2 Å². The minimum absolute atomic E-state index is 0.786. The van der Waals surface area contributed by atoms with Crippen LogP contribution in [0, 0.1) is 0 Å². The van der Waals surface area contributed by atoms with E-state index in [0.29, 0.717) is 0 Å². The molecule has 0 spiro atoms. The average Bonchev–Trinajstić information content (AvgIpc) is 2.54. The molecular formula is C16H28N4O. The number of hydrogen-bond donors (Lipinski definition) is 0. The fourth-order valence-electron chi connectivity index (χ4n) is 3.71. The molecule has 0 aromatic carbocycles. The Hall–Kier alpha value is -1.52. The Morgan fingerprint density at radius 3 is 2.33 bits per heavy atom. The van der Waals surface area contributed by atoms with E-state index in [1.165, 1.54) is 23.8 Å². The van der Waals surface area contributed by atoms with Crippen LogP contribution in [-0.4, -0.2) is 66.0 Å². The molecule has 0 unspecified atom stereocenters. The summed E-state index contributed by atoms with van der Waals surface area (Å²) in [5.41, 5.74) is 1.42. The van der Waals surface area contributed by atoms with Crippen molar-refractivity contribution in [3.8, 4) is 0 Å². The summed E-state index contributed by atoms with van der Waals surface area (Å²) in [5.74, 6) is 3.70. The van der Waals surface area contributed by atoms with Gasteiger partial charge in [-0.1, -0.05) is 0 Å². The molecule has 118 valence electrons. The quantitative estimate of drug-likeness (QED) is 0.791. The van der Waals surface area contributed by atoms with Crippen LogP contribution in [0.4, 0.5) is 0 Å². The molecule has 3 aliphatic rings. The molecule has 5 nitrogen and oxygen atoms in total. The Morgan fingerprint density at radius 2 is 1.67 bits per heavy atom. The lowest BCUT2D eigenvalue weighted by molar-refractivity contribution is 0.0263. The second kappa shape index (κ2) is 5.70. The summed E-state index contributed by atoms with van der Waals surface area (Å²) in [7, 11) is 2.16. The van der Waals surface area contributed by atoms with E-state index in [9.17, 15) is 0 Å². The summed E-state index contributed by atoms with van der Waals surface area (Å²) in [6, 6.07) is 0. The second-order valence-electron chi connectivity index (χ2n) is 5.81. The monoisotopic (exact) mass is 292 g/mol. The molecule has 0 aliphatic carbocycles. The highest BCUT2D eigenvalue weighted by Crippen LogP contribution is 2.39. The lowest BCUT2D eigenvalue weighted by atomic mass is 10.1. The molecule has 0 saturated carbocycles. The maximum Gasteiger partial charge on any atom is 0.236 e. The predicted molar refractivity (Wildman–Crippen MR) is 83.9 cm³/mol. The Kier molecular flexibility index (Phi) is 3.91. The number of nitrogens with zero attached hydrogens (tertiary/aromatic N) is 4. The van der Waals surface area contributed by atoms with E-state index in [2.05, 4.69) is 47.4 Å². The molecule has 0 saturated heterocycles. The van der Waals surface area contributed by atoms with E-state index in [4.69, 9.17) is 4.74 Å². The number of hydrogen-bond acceptors (Lipinski definition) is 5. The first-order valence-corrected chi connectivity index (χ1v) is 8.34. The van der Waals surface area contributed by atoms with Gasteiger partial charge in [0.15, 0.2) is 5.82 Å². The molecule has 0 bridgehead atoms. The van der Waals surface area contributed by atoms with Gasteiger partial charge in [0.2, 0.25) is 5.88 Å². The van der Waals surface area contributed by atoms with Crippen LogP contribution in [0.5, 0.6) is 0 Å². The molecule has 0 aromatic rings. The summed E-state index contributed by atoms with van der Waals surface area (Å²) in [4.78, 5) is 9.73. The summed E-state index contributed by atoms with van der Waals surface area (Å²) < 4.78 is 6.05.